The highest BCUT2D eigenvalue weighted by Crippen LogP contribution is 2.28. The summed E-state index contributed by atoms with van der Waals surface area (Å²) in [6, 6.07) is 7.83. The molecule has 0 radical (unpaired) electrons. The molecule has 0 aliphatic rings. The van der Waals surface area contributed by atoms with E-state index < -0.39 is 17.5 Å². The second-order valence-corrected chi connectivity index (χ2v) is 4.38. The van der Waals surface area contributed by atoms with Gasteiger partial charge >= 0.3 is 0 Å². The molecule has 0 spiro atoms. The van der Waals surface area contributed by atoms with Crippen molar-refractivity contribution in [2.75, 3.05) is 19.0 Å². The molecule has 0 aliphatic carbocycles. The molecule has 0 aliphatic heterocycles. The van der Waals surface area contributed by atoms with Crippen LogP contribution >= 0.6 is 0 Å². The number of hydrogen-bond acceptors (Lipinski definition) is 3. The molecule has 0 unspecified atom stereocenters. The smallest absolute Gasteiger partial charge is 0.255 e. The van der Waals surface area contributed by atoms with Crippen LogP contribution in [0.5, 0.6) is 11.5 Å². The largest absolute Gasteiger partial charge is 0.493 e. The fourth-order valence-corrected chi connectivity index (χ4v) is 1.86. The summed E-state index contributed by atoms with van der Waals surface area (Å²) in [5, 5.41) is 2.49. The molecule has 0 heterocycles. The molecule has 0 atom stereocenters. The van der Waals surface area contributed by atoms with Crippen LogP contribution in [0.15, 0.2) is 36.4 Å². The van der Waals surface area contributed by atoms with Crippen LogP contribution in [0.25, 0.3) is 0 Å². The Hall–Kier alpha value is -2.63. The van der Waals surface area contributed by atoms with Crippen LogP contribution in [0.1, 0.15) is 17.3 Å². The van der Waals surface area contributed by atoms with Crippen molar-refractivity contribution < 1.29 is 23.0 Å². The Morgan fingerprint density at radius 3 is 2.50 bits per heavy atom. The molecule has 1 N–H and O–H groups in total. The van der Waals surface area contributed by atoms with Gasteiger partial charge in [0.05, 0.1) is 13.7 Å². The molecule has 6 heteroatoms. The Balaban J connectivity index is 2.21. The molecule has 1 amide bonds. The Labute approximate surface area is 126 Å². The lowest BCUT2D eigenvalue weighted by Crippen LogP contribution is -2.12. The summed E-state index contributed by atoms with van der Waals surface area (Å²) in [5.74, 6) is -1.52. The quantitative estimate of drug-likeness (QED) is 0.917. The SMILES string of the molecule is CCOc1cc(C(=O)Nc2ccc(F)c(F)c2)ccc1OC. The zero-order valence-corrected chi connectivity index (χ0v) is 12.2. The monoisotopic (exact) mass is 307 g/mol. The number of ether oxygens (including phenoxy) is 2. The molecule has 2 aromatic rings. The zero-order valence-electron chi connectivity index (χ0n) is 12.2. The third kappa shape index (κ3) is 3.52. The number of rotatable bonds is 5. The summed E-state index contributed by atoms with van der Waals surface area (Å²) >= 11 is 0. The van der Waals surface area contributed by atoms with E-state index >= 15 is 0 Å². The molecule has 4 nitrogen and oxygen atoms in total. The van der Waals surface area contributed by atoms with Gasteiger partial charge in [-0.05, 0) is 37.3 Å². The van der Waals surface area contributed by atoms with Gasteiger partial charge in [0.1, 0.15) is 0 Å². The number of methoxy groups -OCH3 is 1. The van der Waals surface area contributed by atoms with E-state index in [0.29, 0.717) is 23.7 Å². The van der Waals surface area contributed by atoms with Gasteiger partial charge < -0.3 is 14.8 Å². The minimum absolute atomic E-state index is 0.165. The maximum absolute atomic E-state index is 13.1. The highest BCUT2D eigenvalue weighted by Gasteiger charge is 2.12. The average molecular weight is 307 g/mol. The molecule has 0 saturated carbocycles. The summed E-state index contributed by atoms with van der Waals surface area (Å²) in [5.41, 5.74) is 0.478. The standard InChI is InChI=1S/C16H15F2NO3/c1-3-22-15-8-10(4-7-14(15)21-2)16(20)19-11-5-6-12(17)13(18)9-11/h4-9H,3H2,1-2H3,(H,19,20). The van der Waals surface area contributed by atoms with Gasteiger partial charge in [0, 0.05) is 17.3 Å². The average Bonchev–Trinajstić information content (AvgIpc) is 2.51. The fraction of sp³-hybridized carbons (Fsp3) is 0.188. The Kier molecular flexibility index (Phi) is 4.93. The topological polar surface area (TPSA) is 47.6 Å². The van der Waals surface area contributed by atoms with E-state index in [-0.39, 0.29) is 5.69 Å². The number of hydrogen-bond donors (Lipinski definition) is 1. The van der Waals surface area contributed by atoms with Crippen LogP contribution in [0.4, 0.5) is 14.5 Å². The number of nitrogens with one attached hydrogen (secondary N) is 1. The van der Waals surface area contributed by atoms with E-state index in [9.17, 15) is 13.6 Å². The molecule has 0 bridgehead atoms. The molecular weight excluding hydrogens is 292 g/mol. The van der Waals surface area contributed by atoms with Crippen molar-refractivity contribution in [1.82, 2.24) is 0 Å². The van der Waals surface area contributed by atoms with Crippen molar-refractivity contribution in [2.45, 2.75) is 6.92 Å². The predicted octanol–water partition coefficient (Wildman–Crippen LogP) is 3.62. The molecule has 0 fully saturated rings. The van der Waals surface area contributed by atoms with Crippen LogP contribution in [-0.2, 0) is 0 Å². The third-order valence-corrected chi connectivity index (χ3v) is 2.90. The number of halogens is 2. The van der Waals surface area contributed by atoms with E-state index in [2.05, 4.69) is 5.32 Å². The van der Waals surface area contributed by atoms with Crippen LogP contribution in [0.3, 0.4) is 0 Å². The normalized spacial score (nSPS) is 10.2. The van der Waals surface area contributed by atoms with Crippen molar-refractivity contribution in [3.05, 3.63) is 53.6 Å². The first-order valence-corrected chi connectivity index (χ1v) is 6.62. The summed E-state index contributed by atoms with van der Waals surface area (Å²) in [4.78, 5) is 12.1. The molecule has 116 valence electrons. The van der Waals surface area contributed by atoms with Gasteiger partial charge in [-0.25, -0.2) is 8.78 Å². The highest BCUT2D eigenvalue weighted by molar-refractivity contribution is 6.04. The van der Waals surface area contributed by atoms with E-state index in [1.54, 1.807) is 12.1 Å². The molecular formula is C16H15F2NO3. The molecule has 0 aromatic heterocycles. The minimum Gasteiger partial charge on any atom is -0.493 e. The Morgan fingerprint density at radius 2 is 1.86 bits per heavy atom. The summed E-state index contributed by atoms with van der Waals surface area (Å²) in [6.45, 7) is 2.23. The summed E-state index contributed by atoms with van der Waals surface area (Å²) < 4.78 is 36.5. The lowest BCUT2D eigenvalue weighted by atomic mass is 10.1. The Morgan fingerprint density at radius 1 is 1.09 bits per heavy atom. The molecule has 2 aromatic carbocycles. The van der Waals surface area contributed by atoms with Gasteiger partial charge in [0.25, 0.3) is 5.91 Å². The third-order valence-electron chi connectivity index (χ3n) is 2.90. The number of carbonyl (C=O) groups is 1. The number of anilines is 1. The summed E-state index contributed by atoms with van der Waals surface area (Å²) in [7, 11) is 1.50. The van der Waals surface area contributed by atoms with Crippen molar-refractivity contribution in [3.63, 3.8) is 0 Å². The van der Waals surface area contributed by atoms with Gasteiger partial charge in [-0.3, -0.25) is 4.79 Å². The van der Waals surface area contributed by atoms with Crippen molar-refractivity contribution in [1.29, 1.82) is 0 Å². The number of amides is 1. The maximum atomic E-state index is 13.1. The highest BCUT2D eigenvalue weighted by atomic mass is 19.2. The summed E-state index contributed by atoms with van der Waals surface area (Å²) in [6.07, 6.45) is 0. The lowest BCUT2D eigenvalue weighted by Gasteiger charge is -2.11. The van der Waals surface area contributed by atoms with E-state index in [1.807, 2.05) is 6.92 Å². The first-order valence-electron chi connectivity index (χ1n) is 6.62. The van der Waals surface area contributed by atoms with Gasteiger partial charge in [0.15, 0.2) is 23.1 Å². The lowest BCUT2D eigenvalue weighted by molar-refractivity contribution is 0.102. The number of benzene rings is 2. The minimum atomic E-state index is -1.03. The number of carbonyl (C=O) groups excluding carboxylic acids is 1. The maximum Gasteiger partial charge on any atom is 0.255 e. The molecule has 0 saturated heterocycles. The fourth-order valence-electron chi connectivity index (χ4n) is 1.86. The van der Waals surface area contributed by atoms with Gasteiger partial charge in [-0.2, -0.15) is 0 Å². The van der Waals surface area contributed by atoms with Crippen LogP contribution < -0.4 is 14.8 Å². The molecule has 2 rings (SSSR count). The van der Waals surface area contributed by atoms with E-state index in [1.165, 1.54) is 19.2 Å². The predicted molar refractivity (Wildman–Crippen MR) is 78.5 cm³/mol. The van der Waals surface area contributed by atoms with Crippen LogP contribution in [-0.4, -0.2) is 19.6 Å². The van der Waals surface area contributed by atoms with E-state index in [0.717, 1.165) is 12.1 Å². The van der Waals surface area contributed by atoms with Gasteiger partial charge in [-0.15, -0.1) is 0 Å². The van der Waals surface area contributed by atoms with Crippen LogP contribution in [0, 0.1) is 11.6 Å². The zero-order chi connectivity index (χ0) is 16.1. The first kappa shape index (κ1) is 15.8. The first-order chi connectivity index (χ1) is 10.5. The van der Waals surface area contributed by atoms with E-state index in [4.69, 9.17) is 9.47 Å². The van der Waals surface area contributed by atoms with Crippen molar-refractivity contribution in [2.24, 2.45) is 0 Å². The second kappa shape index (κ2) is 6.89. The van der Waals surface area contributed by atoms with Crippen LogP contribution in [0.2, 0.25) is 0 Å². The van der Waals surface area contributed by atoms with Gasteiger partial charge in [0.2, 0.25) is 0 Å². The second-order valence-electron chi connectivity index (χ2n) is 4.38. The molecule has 22 heavy (non-hydrogen) atoms. The van der Waals surface area contributed by atoms with Crippen molar-refractivity contribution >= 4 is 11.6 Å². The van der Waals surface area contributed by atoms with Crippen molar-refractivity contribution in [3.8, 4) is 11.5 Å². The van der Waals surface area contributed by atoms with Gasteiger partial charge in [-0.1, -0.05) is 0 Å². The Bertz CT molecular complexity index is 689.